The summed E-state index contributed by atoms with van der Waals surface area (Å²) in [7, 11) is 0. The number of carbonyl (C=O) groups is 1. The molecule has 1 fully saturated rings. The van der Waals surface area contributed by atoms with Gasteiger partial charge in [-0.3, -0.25) is 14.2 Å². The third-order valence-corrected chi connectivity index (χ3v) is 6.06. The fourth-order valence-corrected chi connectivity index (χ4v) is 4.46. The van der Waals surface area contributed by atoms with Crippen LogP contribution in [0.3, 0.4) is 0 Å². The lowest BCUT2D eigenvalue weighted by Gasteiger charge is -2.29. The van der Waals surface area contributed by atoms with Gasteiger partial charge >= 0.3 is 0 Å². The van der Waals surface area contributed by atoms with Gasteiger partial charge in [-0.1, -0.05) is 19.8 Å². The molecule has 3 rings (SSSR count). The number of hydrogen-bond acceptors (Lipinski definition) is 4. The second kappa shape index (κ2) is 7.61. The molecule has 5 nitrogen and oxygen atoms in total. The molecule has 2 atom stereocenters. The predicted molar refractivity (Wildman–Crippen MR) is 100 cm³/mol. The highest BCUT2D eigenvalue weighted by Crippen LogP contribution is 2.23. The molecule has 0 spiro atoms. The van der Waals surface area contributed by atoms with Crippen LogP contribution < -0.4 is 10.9 Å². The number of nitrogens with one attached hydrogen (secondary N) is 2. The Kier molecular flexibility index (Phi) is 5.50. The minimum Gasteiger partial charge on any atom is -0.353 e. The number of thiophene rings is 1. The molecule has 0 radical (unpaired) electrons. The molecule has 0 unspecified atom stereocenters. The molecule has 0 bridgehead atoms. The number of aromatic amines is 1. The van der Waals surface area contributed by atoms with Gasteiger partial charge in [0, 0.05) is 19.0 Å². The van der Waals surface area contributed by atoms with Crippen LogP contribution in [0.2, 0.25) is 0 Å². The van der Waals surface area contributed by atoms with E-state index >= 15 is 0 Å². The Hall–Kier alpha value is -1.47. The highest BCUT2D eigenvalue weighted by molar-refractivity contribution is 7.71. The Morgan fingerprint density at radius 2 is 2.25 bits per heavy atom. The van der Waals surface area contributed by atoms with Crippen molar-refractivity contribution >= 4 is 39.7 Å². The zero-order valence-corrected chi connectivity index (χ0v) is 15.5. The lowest BCUT2D eigenvalue weighted by molar-refractivity contribution is -0.122. The molecule has 130 valence electrons. The van der Waals surface area contributed by atoms with E-state index in [1.165, 1.54) is 30.6 Å². The van der Waals surface area contributed by atoms with Crippen LogP contribution in [-0.4, -0.2) is 21.5 Å². The van der Waals surface area contributed by atoms with E-state index in [0.717, 1.165) is 11.9 Å². The summed E-state index contributed by atoms with van der Waals surface area (Å²) in [5.74, 6) is 0.634. The molecule has 1 amide bonds. The van der Waals surface area contributed by atoms with Crippen molar-refractivity contribution in [2.45, 2.75) is 58.0 Å². The maximum atomic E-state index is 12.4. The molecular weight excluding hydrogens is 342 g/mol. The van der Waals surface area contributed by atoms with Crippen molar-refractivity contribution in [1.82, 2.24) is 14.9 Å². The van der Waals surface area contributed by atoms with Crippen molar-refractivity contribution < 1.29 is 4.79 Å². The Balaban J connectivity index is 1.57. The largest absolute Gasteiger partial charge is 0.353 e. The molecule has 0 aliphatic heterocycles. The summed E-state index contributed by atoms with van der Waals surface area (Å²) in [6.07, 6.45) is 5.76. The van der Waals surface area contributed by atoms with E-state index in [1.54, 1.807) is 4.57 Å². The molecule has 1 saturated carbocycles. The number of hydrogen-bond donors (Lipinski definition) is 2. The average molecular weight is 366 g/mol. The van der Waals surface area contributed by atoms with Crippen LogP contribution in [0, 0.1) is 10.7 Å². The zero-order valence-electron chi connectivity index (χ0n) is 13.8. The van der Waals surface area contributed by atoms with Crippen LogP contribution in [0.5, 0.6) is 0 Å². The molecule has 2 heterocycles. The van der Waals surface area contributed by atoms with E-state index in [9.17, 15) is 9.59 Å². The van der Waals surface area contributed by atoms with Crippen LogP contribution in [-0.2, 0) is 11.3 Å². The van der Waals surface area contributed by atoms with Crippen LogP contribution in [0.25, 0.3) is 10.2 Å². The van der Waals surface area contributed by atoms with E-state index in [-0.39, 0.29) is 11.5 Å². The molecule has 1 aliphatic carbocycles. The summed E-state index contributed by atoms with van der Waals surface area (Å²) in [5, 5.41) is 5.03. The summed E-state index contributed by atoms with van der Waals surface area (Å²) >= 11 is 6.68. The first kappa shape index (κ1) is 17.4. The van der Waals surface area contributed by atoms with Crippen molar-refractivity contribution in [1.29, 1.82) is 0 Å². The summed E-state index contributed by atoms with van der Waals surface area (Å²) in [6.45, 7) is 2.68. The molecule has 0 saturated heterocycles. The lowest BCUT2D eigenvalue weighted by Crippen LogP contribution is -2.41. The first-order chi connectivity index (χ1) is 11.6. The fraction of sp³-hybridized carbons (Fsp3) is 0.588. The number of fused-ring (bicyclic) bond motifs is 1. The summed E-state index contributed by atoms with van der Waals surface area (Å²) < 4.78 is 2.67. The number of rotatable bonds is 5. The van der Waals surface area contributed by atoms with Gasteiger partial charge in [0.25, 0.3) is 5.56 Å². The second-order valence-corrected chi connectivity index (χ2v) is 7.89. The van der Waals surface area contributed by atoms with Crippen LogP contribution in [0.1, 0.15) is 45.4 Å². The van der Waals surface area contributed by atoms with Crippen molar-refractivity contribution in [3.05, 3.63) is 26.6 Å². The molecule has 2 aromatic rings. The van der Waals surface area contributed by atoms with Crippen LogP contribution in [0.15, 0.2) is 16.2 Å². The molecule has 1 aliphatic rings. The summed E-state index contributed by atoms with van der Waals surface area (Å²) in [5.41, 5.74) is 0.723. The summed E-state index contributed by atoms with van der Waals surface area (Å²) in [4.78, 5) is 27.7. The van der Waals surface area contributed by atoms with Gasteiger partial charge in [0.05, 0.1) is 5.52 Å². The van der Waals surface area contributed by atoms with Gasteiger partial charge in [-0.25, -0.2) is 0 Å². The SMILES string of the molecule is C[C@@H]1CCCC[C@H]1NC(=O)CCCn1c(=S)[nH]c2ccsc2c1=O. The topological polar surface area (TPSA) is 66.9 Å². The molecule has 7 heteroatoms. The second-order valence-electron chi connectivity index (χ2n) is 6.59. The molecule has 24 heavy (non-hydrogen) atoms. The standard InChI is InChI=1S/C17H23N3O2S2/c1-11-5-2-3-6-12(11)18-14(21)7-4-9-20-16(22)15-13(8-10-24-15)19-17(20)23/h8,10-12H,2-7,9H2,1H3,(H,18,21)(H,19,23)/t11-,12-/m1/s1. The Labute approximate surface area is 150 Å². The summed E-state index contributed by atoms with van der Waals surface area (Å²) in [6, 6.07) is 2.17. The van der Waals surface area contributed by atoms with Gasteiger partial charge in [0.15, 0.2) is 4.77 Å². The molecule has 2 aromatic heterocycles. The van der Waals surface area contributed by atoms with E-state index in [1.807, 2.05) is 11.4 Å². The van der Waals surface area contributed by atoms with E-state index in [2.05, 4.69) is 17.2 Å². The van der Waals surface area contributed by atoms with Gasteiger partial charge in [-0.15, -0.1) is 11.3 Å². The van der Waals surface area contributed by atoms with E-state index < -0.39 is 0 Å². The number of amides is 1. The van der Waals surface area contributed by atoms with Crippen molar-refractivity contribution in [2.75, 3.05) is 0 Å². The van der Waals surface area contributed by atoms with Gasteiger partial charge in [0.1, 0.15) is 4.70 Å². The number of nitrogens with zero attached hydrogens (tertiary/aromatic N) is 1. The maximum Gasteiger partial charge on any atom is 0.272 e. The van der Waals surface area contributed by atoms with Gasteiger partial charge < -0.3 is 10.3 Å². The van der Waals surface area contributed by atoms with E-state index in [4.69, 9.17) is 12.2 Å². The van der Waals surface area contributed by atoms with Crippen molar-refractivity contribution in [2.24, 2.45) is 5.92 Å². The highest BCUT2D eigenvalue weighted by atomic mass is 32.1. The molecular formula is C17H23N3O2S2. The number of H-pyrrole nitrogens is 1. The predicted octanol–water partition coefficient (Wildman–Crippen LogP) is 3.60. The van der Waals surface area contributed by atoms with Crippen LogP contribution >= 0.6 is 23.6 Å². The van der Waals surface area contributed by atoms with Crippen LogP contribution in [0.4, 0.5) is 0 Å². The normalized spacial score (nSPS) is 21.0. The van der Waals surface area contributed by atoms with Crippen molar-refractivity contribution in [3.8, 4) is 0 Å². The maximum absolute atomic E-state index is 12.4. The number of carbonyl (C=O) groups excluding carboxylic acids is 1. The Morgan fingerprint density at radius 3 is 3.04 bits per heavy atom. The van der Waals surface area contributed by atoms with Gasteiger partial charge in [0.2, 0.25) is 5.91 Å². The fourth-order valence-electron chi connectivity index (χ4n) is 3.38. The zero-order chi connectivity index (χ0) is 17.1. The quantitative estimate of drug-likeness (QED) is 0.796. The third-order valence-electron chi connectivity index (χ3n) is 4.83. The Bertz CT molecular complexity index is 836. The highest BCUT2D eigenvalue weighted by Gasteiger charge is 2.22. The smallest absolute Gasteiger partial charge is 0.272 e. The molecule has 2 N–H and O–H groups in total. The first-order valence-corrected chi connectivity index (χ1v) is 9.84. The minimum atomic E-state index is -0.0648. The number of aromatic nitrogens is 2. The third kappa shape index (κ3) is 3.78. The van der Waals surface area contributed by atoms with Gasteiger partial charge in [-0.05, 0) is 48.8 Å². The lowest BCUT2D eigenvalue weighted by atomic mass is 9.86. The average Bonchev–Trinajstić information content (AvgIpc) is 3.01. The van der Waals surface area contributed by atoms with Crippen molar-refractivity contribution in [3.63, 3.8) is 0 Å². The van der Waals surface area contributed by atoms with E-state index in [0.29, 0.717) is 40.8 Å². The Morgan fingerprint density at radius 1 is 1.46 bits per heavy atom. The minimum absolute atomic E-state index is 0.0648. The first-order valence-electron chi connectivity index (χ1n) is 8.56. The molecule has 0 aromatic carbocycles. The van der Waals surface area contributed by atoms with Gasteiger partial charge in [-0.2, -0.15) is 0 Å². The monoisotopic (exact) mass is 365 g/mol.